The lowest BCUT2D eigenvalue weighted by molar-refractivity contribution is -0.119. The fourth-order valence-corrected chi connectivity index (χ4v) is 4.66. The molecule has 0 radical (unpaired) electrons. The first-order chi connectivity index (χ1) is 15.3. The number of benzene rings is 3. The van der Waals surface area contributed by atoms with Gasteiger partial charge in [0.05, 0.1) is 29.8 Å². The Bertz CT molecular complexity index is 1170. The van der Waals surface area contributed by atoms with Crippen molar-refractivity contribution in [3.8, 4) is 11.5 Å². The molecule has 3 rings (SSSR count). The van der Waals surface area contributed by atoms with Crippen LogP contribution in [0.4, 0.5) is 5.69 Å². The number of hydrogen-bond donors (Lipinski definition) is 1. The van der Waals surface area contributed by atoms with Gasteiger partial charge in [-0.25, -0.2) is 8.42 Å². The molecule has 0 aliphatic rings. The summed E-state index contributed by atoms with van der Waals surface area (Å²) in [6.45, 7) is -0.179. The second-order valence-corrected chi connectivity index (χ2v) is 9.04. The smallest absolute Gasteiger partial charge is 0.264 e. The highest BCUT2D eigenvalue weighted by Gasteiger charge is 2.27. The number of hydrogen-bond acceptors (Lipinski definition) is 5. The van der Waals surface area contributed by atoms with E-state index in [-0.39, 0.29) is 22.2 Å². The highest BCUT2D eigenvalue weighted by atomic mass is 35.5. The molecule has 9 heteroatoms. The third kappa shape index (κ3) is 5.52. The van der Waals surface area contributed by atoms with Gasteiger partial charge in [-0.05, 0) is 48.0 Å². The van der Waals surface area contributed by atoms with Crippen LogP contribution in [0.15, 0.2) is 77.7 Å². The van der Waals surface area contributed by atoms with E-state index in [0.29, 0.717) is 11.5 Å². The zero-order chi connectivity index (χ0) is 23.1. The minimum atomic E-state index is -4.02. The molecule has 0 aliphatic carbocycles. The van der Waals surface area contributed by atoms with Crippen LogP contribution in [0.3, 0.4) is 0 Å². The van der Waals surface area contributed by atoms with Gasteiger partial charge in [-0.15, -0.1) is 0 Å². The summed E-state index contributed by atoms with van der Waals surface area (Å²) in [5, 5.41) is 2.99. The molecule has 0 heterocycles. The molecule has 0 atom stereocenters. The van der Waals surface area contributed by atoms with Crippen LogP contribution in [-0.2, 0) is 21.4 Å². The molecule has 0 saturated heterocycles. The Kier molecular flexibility index (Phi) is 7.61. The molecule has 3 aromatic carbocycles. The summed E-state index contributed by atoms with van der Waals surface area (Å²) in [5.41, 5.74) is 1.10. The lowest BCUT2D eigenvalue weighted by Gasteiger charge is -2.24. The van der Waals surface area contributed by atoms with Gasteiger partial charge < -0.3 is 14.8 Å². The van der Waals surface area contributed by atoms with Crippen molar-refractivity contribution in [2.75, 3.05) is 25.1 Å². The fraction of sp³-hybridized carbons (Fsp3) is 0.174. The van der Waals surface area contributed by atoms with Gasteiger partial charge in [0.2, 0.25) is 5.91 Å². The van der Waals surface area contributed by atoms with Gasteiger partial charge in [0.25, 0.3) is 10.0 Å². The summed E-state index contributed by atoms with van der Waals surface area (Å²) in [6.07, 6.45) is 0. The minimum absolute atomic E-state index is 0.0647. The van der Waals surface area contributed by atoms with Crippen molar-refractivity contribution in [3.05, 3.63) is 83.4 Å². The first kappa shape index (κ1) is 23.4. The second kappa shape index (κ2) is 10.4. The molecule has 168 valence electrons. The van der Waals surface area contributed by atoms with Gasteiger partial charge in [-0.2, -0.15) is 0 Å². The average molecular weight is 475 g/mol. The third-order valence-corrected chi connectivity index (χ3v) is 6.77. The standard InChI is InChI=1S/C23H23ClN2O5S/c1-30-19-11-8-17(9-12-19)15-25-23(27)16-26(18-10-13-22(31-2)21(24)14-18)32(28,29)20-6-4-3-5-7-20/h3-14H,15-16H2,1-2H3,(H,25,27). The van der Waals surface area contributed by atoms with E-state index < -0.39 is 22.5 Å². The molecule has 1 amide bonds. The van der Waals surface area contributed by atoms with Crippen molar-refractivity contribution in [1.29, 1.82) is 0 Å². The first-order valence-electron chi connectivity index (χ1n) is 9.66. The highest BCUT2D eigenvalue weighted by Crippen LogP contribution is 2.31. The van der Waals surface area contributed by atoms with Crippen molar-refractivity contribution in [2.45, 2.75) is 11.4 Å². The van der Waals surface area contributed by atoms with E-state index in [2.05, 4.69) is 5.32 Å². The zero-order valence-corrected chi connectivity index (χ0v) is 19.2. The largest absolute Gasteiger partial charge is 0.497 e. The molecule has 0 fully saturated rings. The van der Waals surface area contributed by atoms with Gasteiger partial charge in [-0.1, -0.05) is 41.9 Å². The quantitative estimate of drug-likeness (QED) is 0.509. The number of ether oxygens (including phenoxy) is 2. The Morgan fingerprint density at radius 1 is 0.969 bits per heavy atom. The van der Waals surface area contributed by atoms with Crippen LogP contribution in [0.2, 0.25) is 5.02 Å². The maximum atomic E-state index is 13.3. The number of carbonyl (C=O) groups excluding carboxylic acids is 1. The molecule has 32 heavy (non-hydrogen) atoms. The number of sulfonamides is 1. The summed E-state index contributed by atoms with van der Waals surface area (Å²) in [7, 11) is -0.983. The van der Waals surface area contributed by atoms with Gasteiger partial charge in [-0.3, -0.25) is 9.10 Å². The number of nitrogens with zero attached hydrogens (tertiary/aromatic N) is 1. The SMILES string of the molecule is COc1ccc(CNC(=O)CN(c2ccc(OC)c(Cl)c2)S(=O)(=O)c2ccccc2)cc1. The van der Waals surface area contributed by atoms with Crippen molar-refractivity contribution < 1.29 is 22.7 Å². The van der Waals surface area contributed by atoms with E-state index in [9.17, 15) is 13.2 Å². The van der Waals surface area contributed by atoms with Crippen LogP contribution in [0.5, 0.6) is 11.5 Å². The maximum absolute atomic E-state index is 13.3. The van der Waals surface area contributed by atoms with E-state index in [1.165, 1.54) is 25.3 Å². The van der Waals surface area contributed by atoms with E-state index in [1.54, 1.807) is 49.6 Å². The van der Waals surface area contributed by atoms with Crippen LogP contribution in [-0.4, -0.2) is 35.1 Å². The predicted octanol–water partition coefficient (Wildman–Crippen LogP) is 3.87. The molecule has 0 aromatic heterocycles. The third-order valence-electron chi connectivity index (χ3n) is 4.69. The Labute approximate surface area is 192 Å². The monoisotopic (exact) mass is 474 g/mol. The summed E-state index contributed by atoms with van der Waals surface area (Å²) < 4.78 is 38.0. The number of rotatable bonds is 9. The molecular formula is C23H23ClN2O5S. The zero-order valence-electron chi connectivity index (χ0n) is 17.6. The van der Waals surface area contributed by atoms with Gasteiger partial charge in [0.15, 0.2) is 0 Å². The summed E-state index contributed by atoms with van der Waals surface area (Å²) in [4.78, 5) is 12.8. The molecule has 7 nitrogen and oxygen atoms in total. The number of carbonyl (C=O) groups is 1. The number of methoxy groups -OCH3 is 2. The van der Waals surface area contributed by atoms with E-state index in [4.69, 9.17) is 21.1 Å². The van der Waals surface area contributed by atoms with Gasteiger partial charge in [0.1, 0.15) is 18.0 Å². The van der Waals surface area contributed by atoms with Crippen molar-refractivity contribution in [3.63, 3.8) is 0 Å². The number of anilines is 1. The Hall–Kier alpha value is -3.23. The van der Waals surface area contributed by atoms with Gasteiger partial charge >= 0.3 is 0 Å². The summed E-state index contributed by atoms with van der Waals surface area (Å²) in [6, 6.07) is 19.7. The number of amides is 1. The normalized spacial score (nSPS) is 11.0. The van der Waals surface area contributed by atoms with Crippen molar-refractivity contribution in [1.82, 2.24) is 5.32 Å². The molecule has 0 bridgehead atoms. The van der Waals surface area contributed by atoms with E-state index in [1.807, 2.05) is 12.1 Å². The van der Waals surface area contributed by atoms with Crippen LogP contribution in [0, 0.1) is 0 Å². The molecule has 0 unspecified atom stereocenters. The highest BCUT2D eigenvalue weighted by molar-refractivity contribution is 7.92. The molecular weight excluding hydrogens is 452 g/mol. The lowest BCUT2D eigenvalue weighted by Crippen LogP contribution is -2.40. The van der Waals surface area contributed by atoms with Crippen molar-refractivity contribution in [2.24, 2.45) is 0 Å². The van der Waals surface area contributed by atoms with E-state index >= 15 is 0 Å². The van der Waals surface area contributed by atoms with Crippen LogP contribution < -0.4 is 19.1 Å². The minimum Gasteiger partial charge on any atom is -0.497 e. The molecule has 0 saturated carbocycles. The molecule has 3 aromatic rings. The van der Waals surface area contributed by atoms with Crippen molar-refractivity contribution >= 4 is 33.2 Å². The van der Waals surface area contributed by atoms with Gasteiger partial charge in [0, 0.05) is 6.54 Å². The topological polar surface area (TPSA) is 84.9 Å². The fourth-order valence-electron chi connectivity index (χ4n) is 2.98. The summed E-state index contributed by atoms with van der Waals surface area (Å²) in [5.74, 6) is 0.639. The summed E-state index contributed by atoms with van der Waals surface area (Å²) >= 11 is 6.21. The van der Waals surface area contributed by atoms with E-state index in [0.717, 1.165) is 9.87 Å². The molecule has 1 N–H and O–H groups in total. The average Bonchev–Trinajstić information content (AvgIpc) is 2.82. The number of halogens is 1. The Morgan fingerprint density at radius 2 is 1.66 bits per heavy atom. The van der Waals surface area contributed by atoms with Crippen LogP contribution in [0.1, 0.15) is 5.56 Å². The molecule has 0 aliphatic heterocycles. The first-order valence-corrected chi connectivity index (χ1v) is 11.5. The van der Waals surface area contributed by atoms with Crippen LogP contribution in [0.25, 0.3) is 0 Å². The Morgan fingerprint density at radius 3 is 2.25 bits per heavy atom. The maximum Gasteiger partial charge on any atom is 0.264 e. The lowest BCUT2D eigenvalue weighted by atomic mass is 10.2. The van der Waals surface area contributed by atoms with Crippen LogP contribution >= 0.6 is 11.6 Å². The molecule has 0 spiro atoms. The Balaban J connectivity index is 1.85. The second-order valence-electron chi connectivity index (χ2n) is 6.77. The predicted molar refractivity (Wildman–Crippen MR) is 124 cm³/mol. The number of nitrogens with one attached hydrogen (secondary N) is 1.